The van der Waals surface area contributed by atoms with E-state index in [9.17, 15) is 14.7 Å². The molecule has 126 valence electrons. The van der Waals surface area contributed by atoms with Crippen molar-refractivity contribution in [2.75, 3.05) is 27.9 Å². The molecule has 1 saturated heterocycles. The molecule has 1 aromatic rings. The Morgan fingerprint density at radius 2 is 1.78 bits per heavy atom. The minimum absolute atomic E-state index is 0.0838. The number of hydrogen-bond donors (Lipinski definition) is 1. The zero-order valence-corrected chi connectivity index (χ0v) is 13.5. The molecule has 0 aromatic heterocycles. The van der Waals surface area contributed by atoms with Gasteiger partial charge < -0.3 is 24.2 Å². The predicted octanol–water partition coefficient (Wildman–Crippen LogP) is 1.33. The van der Waals surface area contributed by atoms with Crippen LogP contribution in [0.25, 0.3) is 0 Å². The number of aliphatic carboxylic acids is 1. The Labute approximate surface area is 134 Å². The second-order valence-corrected chi connectivity index (χ2v) is 5.29. The normalized spacial score (nSPS) is 17.0. The fourth-order valence-corrected chi connectivity index (χ4v) is 2.84. The van der Waals surface area contributed by atoms with Crippen LogP contribution in [0.4, 0.5) is 0 Å². The second-order valence-electron chi connectivity index (χ2n) is 5.29. The molecule has 1 N–H and O–H groups in total. The molecule has 1 fully saturated rings. The first-order valence-corrected chi connectivity index (χ1v) is 7.33. The molecule has 0 aliphatic carbocycles. The molecule has 1 aromatic carbocycles. The Kier molecular flexibility index (Phi) is 5.31. The number of carbonyl (C=O) groups excluding carboxylic acids is 1. The lowest BCUT2D eigenvalue weighted by molar-refractivity contribution is -0.148. The van der Waals surface area contributed by atoms with Crippen LogP contribution in [-0.2, 0) is 16.0 Å². The van der Waals surface area contributed by atoms with Crippen LogP contribution in [0.5, 0.6) is 17.2 Å². The minimum atomic E-state index is -0.958. The molecule has 1 aliphatic rings. The van der Waals surface area contributed by atoms with Gasteiger partial charge in [-0.2, -0.15) is 0 Å². The number of methoxy groups -OCH3 is 3. The van der Waals surface area contributed by atoms with E-state index in [1.165, 1.54) is 26.2 Å². The van der Waals surface area contributed by atoms with E-state index in [1.807, 2.05) is 0 Å². The molecule has 1 atom stereocenters. The van der Waals surface area contributed by atoms with Gasteiger partial charge in [0, 0.05) is 6.54 Å². The predicted molar refractivity (Wildman–Crippen MR) is 82.2 cm³/mol. The van der Waals surface area contributed by atoms with Crippen LogP contribution in [0.1, 0.15) is 18.4 Å². The summed E-state index contributed by atoms with van der Waals surface area (Å²) in [6.45, 7) is 0.472. The first-order valence-electron chi connectivity index (χ1n) is 7.33. The fourth-order valence-electron chi connectivity index (χ4n) is 2.84. The van der Waals surface area contributed by atoms with Crippen molar-refractivity contribution in [1.82, 2.24) is 4.90 Å². The van der Waals surface area contributed by atoms with Gasteiger partial charge in [-0.25, -0.2) is 4.79 Å². The molecular formula is C16H21NO6. The summed E-state index contributed by atoms with van der Waals surface area (Å²) in [6, 6.07) is 2.67. The maximum absolute atomic E-state index is 12.4. The number of nitrogens with zero attached hydrogens (tertiary/aromatic N) is 1. The van der Waals surface area contributed by atoms with Gasteiger partial charge in [0.05, 0.1) is 27.8 Å². The molecule has 23 heavy (non-hydrogen) atoms. The van der Waals surface area contributed by atoms with Gasteiger partial charge in [0.15, 0.2) is 11.5 Å². The summed E-state index contributed by atoms with van der Waals surface area (Å²) in [4.78, 5) is 25.1. The molecule has 7 heteroatoms. The van der Waals surface area contributed by atoms with Gasteiger partial charge >= 0.3 is 5.97 Å². The van der Waals surface area contributed by atoms with Crippen LogP contribution in [0.2, 0.25) is 0 Å². The van der Waals surface area contributed by atoms with Crippen LogP contribution in [0.3, 0.4) is 0 Å². The molecule has 2 rings (SSSR count). The highest BCUT2D eigenvalue weighted by Gasteiger charge is 2.33. The Morgan fingerprint density at radius 1 is 1.17 bits per heavy atom. The van der Waals surface area contributed by atoms with Gasteiger partial charge in [0.2, 0.25) is 11.7 Å². The van der Waals surface area contributed by atoms with E-state index < -0.39 is 12.0 Å². The third-order valence-corrected chi connectivity index (χ3v) is 3.94. The number of carboxylic acid groups (broad SMARTS) is 1. The van der Waals surface area contributed by atoms with E-state index in [0.29, 0.717) is 42.2 Å². The van der Waals surface area contributed by atoms with Crippen molar-refractivity contribution in [3.8, 4) is 17.2 Å². The standard InChI is InChI=1S/C16H21NO6/c1-21-12-7-10(8-13(22-2)15(12)23-3)9-14(18)17-6-4-5-11(17)16(19)20/h7-8,11H,4-6,9H2,1-3H3,(H,19,20)/t11-/m0/s1. The van der Waals surface area contributed by atoms with Gasteiger partial charge in [-0.1, -0.05) is 0 Å². The van der Waals surface area contributed by atoms with Crippen molar-refractivity contribution >= 4 is 11.9 Å². The largest absolute Gasteiger partial charge is 0.493 e. The van der Waals surface area contributed by atoms with Crippen LogP contribution in [0.15, 0.2) is 12.1 Å². The summed E-state index contributed by atoms with van der Waals surface area (Å²) in [5, 5.41) is 9.18. The lowest BCUT2D eigenvalue weighted by Gasteiger charge is -2.22. The lowest BCUT2D eigenvalue weighted by Crippen LogP contribution is -2.41. The molecule has 0 bridgehead atoms. The number of amides is 1. The zero-order chi connectivity index (χ0) is 17.0. The van der Waals surface area contributed by atoms with Crippen molar-refractivity contribution in [2.24, 2.45) is 0 Å². The average molecular weight is 323 g/mol. The number of carboxylic acids is 1. The average Bonchev–Trinajstić information content (AvgIpc) is 3.03. The van der Waals surface area contributed by atoms with Crippen LogP contribution in [0, 0.1) is 0 Å². The van der Waals surface area contributed by atoms with E-state index in [4.69, 9.17) is 14.2 Å². The van der Waals surface area contributed by atoms with Gasteiger partial charge in [-0.05, 0) is 30.5 Å². The van der Waals surface area contributed by atoms with E-state index in [1.54, 1.807) is 12.1 Å². The van der Waals surface area contributed by atoms with Gasteiger partial charge in [-0.3, -0.25) is 4.79 Å². The summed E-state index contributed by atoms with van der Waals surface area (Å²) in [5.41, 5.74) is 0.681. The molecule has 0 unspecified atom stereocenters. The number of benzene rings is 1. The number of rotatable bonds is 6. The third kappa shape index (κ3) is 3.49. The van der Waals surface area contributed by atoms with Crippen molar-refractivity contribution in [2.45, 2.75) is 25.3 Å². The summed E-state index contributed by atoms with van der Waals surface area (Å²) in [6.07, 6.45) is 1.29. The Balaban J connectivity index is 2.22. The Morgan fingerprint density at radius 3 is 2.26 bits per heavy atom. The molecule has 1 aliphatic heterocycles. The Hall–Kier alpha value is -2.44. The molecule has 1 amide bonds. The SMILES string of the molecule is COc1cc(CC(=O)N2CCC[C@H]2C(=O)O)cc(OC)c1OC. The van der Waals surface area contributed by atoms with Crippen molar-refractivity contribution in [1.29, 1.82) is 0 Å². The van der Waals surface area contributed by atoms with E-state index in [0.717, 1.165) is 0 Å². The maximum Gasteiger partial charge on any atom is 0.326 e. The number of ether oxygens (including phenoxy) is 3. The third-order valence-electron chi connectivity index (χ3n) is 3.94. The number of likely N-dealkylation sites (tertiary alicyclic amines) is 1. The number of carbonyl (C=O) groups is 2. The van der Waals surface area contributed by atoms with E-state index >= 15 is 0 Å². The smallest absolute Gasteiger partial charge is 0.326 e. The summed E-state index contributed by atoms with van der Waals surface area (Å²) < 4.78 is 15.8. The lowest BCUT2D eigenvalue weighted by atomic mass is 10.1. The van der Waals surface area contributed by atoms with E-state index in [-0.39, 0.29) is 12.3 Å². The molecule has 7 nitrogen and oxygen atoms in total. The summed E-state index contributed by atoms with van der Waals surface area (Å²) >= 11 is 0. The van der Waals surface area contributed by atoms with Gasteiger partial charge in [0.25, 0.3) is 0 Å². The number of hydrogen-bond acceptors (Lipinski definition) is 5. The van der Waals surface area contributed by atoms with Crippen LogP contribution < -0.4 is 14.2 Å². The molecule has 0 spiro atoms. The zero-order valence-electron chi connectivity index (χ0n) is 13.5. The fraction of sp³-hybridized carbons (Fsp3) is 0.500. The minimum Gasteiger partial charge on any atom is -0.493 e. The monoisotopic (exact) mass is 323 g/mol. The highest BCUT2D eigenvalue weighted by Crippen LogP contribution is 2.38. The van der Waals surface area contributed by atoms with E-state index in [2.05, 4.69) is 0 Å². The van der Waals surface area contributed by atoms with Crippen molar-refractivity contribution in [3.05, 3.63) is 17.7 Å². The molecule has 0 radical (unpaired) electrons. The molecular weight excluding hydrogens is 302 g/mol. The van der Waals surface area contributed by atoms with Crippen molar-refractivity contribution < 1.29 is 28.9 Å². The molecule has 0 saturated carbocycles. The first kappa shape index (κ1) is 16.9. The first-order chi connectivity index (χ1) is 11.0. The quantitative estimate of drug-likeness (QED) is 0.850. The Bertz CT molecular complexity index is 575. The maximum atomic E-state index is 12.4. The van der Waals surface area contributed by atoms with Crippen LogP contribution in [-0.4, -0.2) is 55.8 Å². The summed E-state index contributed by atoms with van der Waals surface area (Å²) in [7, 11) is 4.51. The van der Waals surface area contributed by atoms with Crippen LogP contribution >= 0.6 is 0 Å². The second kappa shape index (κ2) is 7.21. The van der Waals surface area contributed by atoms with Gasteiger partial charge in [0.1, 0.15) is 6.04 Å². The highest BCUT2D eigenvalue weighted by molar-refractivity contribution is 5.85. The topological polar surface area (TPSA) is 85.3 Å². The van der Waals surface area contributed by atoms with Gasteiger partial charge in [-0.15, -0.1) is 0 Å². The van der Waals surface area contributed by atoms with Crippen molar-refractivity contribution in [3.63, 3.8) is 0 Å². The molecule has 1 heterocycles. The summed E-state index contributed by atoms with van der Waals surface area (Å²) in [5.74, 6) is 0.206. The highest BCUT2D eigenvalue weighted by atomic mass is 16.5.